The molecule has 0 spiro atoms. The second-order valence-corrected chi connectivity index (χ2v) is 3.28. The van der Waals surface area contributed by atoms with Crippen molar-refractivity contribution in [2.45, 2.75) is 0 Å². The van der Waals surface area contributed by atoms with Gasteiger partial charge in [-0.2, -0.15) is 0 Å². The fraction of sp³-hybridized carbons (Fsp3) is 0.300. The Labute approximate surface area is 97.3 Å². The van der Waals surface area contributed by atoms with Crippen LogP contribution in [0.25, 0.3) is 0 Å². The van der Waals surface area contributed by atoms with Crippen LogP contribution in [0.1, 0.15) is 0 Å². The first-order valence-corrected chi connectivity index (χ1v) is 4.77. The molecule has 0 radical (unpaired) electrons. The van der Waals surface area contributed by atoms with Crippen molar-refractivity contribution in [3.8, 4) is 11.5 Å². The molecule has 0 heterocycles. The molecule has 1 aromatic carbocycles. The lowest BCUT2D eigenvalue weighted by molar-refractivity contribution is -0.117. The number of hydrogen-bond acceptors (Lipinski definition) is 3. The highest BCUT2D eigenvalue weighted by Gasteiger charge is 2.11. The number of benzene rings is 1. The molecule has 0 atom stereocenters. The SMILES string of the molecule is COc1cc(OC)c(NC(=O)CF)cc1Cl. The van der Waals surface area contributed by atoms with Crippen LogP contribution in [0.15, 0.2) is 12.1 Å². The summed E-state index contributed by atoms with van der Waals surface area (Å²) in [5.41, 5.74) is 0.302. The van der Waals surface area contributed by atoms with Gasteiger partial charge < -0.3 is 14.8 Å². The number of anilines is 1. The number of alkyl halides is 1. The zero-order valence-electron chi connectivity index (χ0n) is 8.84. The summed E-state index contributed by atoms with van der Waals surface area (Å²) < 4.78 is 22.0. The highest BCUT2D eigenvalue weighted by atomic mass is 35.5. The fourth-order valence-corrected chi connectivity index (χ4v) is 1.38. The van der Waals surface area contributed by atoms with Gasteiger partial charge in [-0.05, 0) is 6.07 Å². The van der Waals surface area contributed by atoms with Crippen molar-refractivity contribution in [2.24, 2.45) is 0 Å². The van der Waals surface area contributed by atoms with Crippen LogP contribution in [0, 0.1) is 0 Å². The number of hydrogen-bond donors (Lipinski definition) is 1. The molecule has 1 amide bonds. The number of ether oxygens (including phenoxy) is 2. The standard InChI is InChI=1S/C10H11ClFNO3/c1-15-8-4-9(16-2)7(3-6(8)11)13-10(14)5-12/h3-4H,5H2,1-2H3,(H,13,14). The molecular formula is C10H11ClFNO3. The van der Waals surface area contributed by atoms with Crippen LogP contribution >= 0.6 is 11.6 Å². The molecule has 6 heteroatoms. The lowest BCUT2D eigenvalue weighted by Crippen LogP contribution is -2.13. The van der Waals surface area contributed by atoms with E-state index in [-0.39, 0.29) is 0 Å². The number of carbonyl (C=O) groups excluding carboxylic acids is 1. The maximum atomic E-state index is 12.0. The maximum Gasteiger partial charge on any atom is 0.255 e. The molecule has 88 valence electrons. The fourth-order valence-electron chi connectivity index (χ4n) is 1.14. The summed E-state index contributed by atoms with van der Waals surface area (Å²) >= 11 is 5.86. The summed E-state index contributed by atoms with van der Waals surface area (Å²) in [6.45, 7) is -1.10. The van der Waals surface area contributed by atoms with Crippen molar-refractivity contribution in [3.63, 3.8) is 0 Å². The molecule has 0 bridgehead atoms. The molecule has 4 nitrogen and oxygen atoms in total. The number of rotatable bonds is 4. The molecule has 0 fully saturated rings. The van der Waals surface area contributed by atoms with E-state index in [1.54, 1.807) is 0 Å². The van der Waals surface area contributed by atoms with Crippen molar-refractivity contribution in [1.29, 1.82) is 0 Å². The Bertz CT molecular complexity index is 398. The minimum absolute atomic E-state index is 0.302. The first kappa shape index (κ1) is 12.6. The van der Waals surface area contributed by atoms with Crippen molar-refractivity contribution >= 4 is 23.2 Å². The van der Waals surface area contributed by atoms with Crippen LogP contribution in [-0.2, 0) is 4.79 Å². The van der Waals surface area contributed by atoms with E-state index in [4.69, 9.17) is 21.1 Å². The summed E-state index contributed by atoms with van der Waals surface area (Å²) in [5, 5.41) is 2.63. The monoisotopic (exact) mass is 247 g/mol. The Morgan fingerprint density at radius 1 is 1.38 bits per heavy atom. The van der Waals surface area contributed by atoms with Crippen molar-refractivity contribution in [1.82, 2.24) is 0 Å². The number of amides is 1. The Morgan fingerprint density at radius 2 is 2.00 bits per heavy atom. The third kappa shape index (κ3) is 2.76. The van der Waals surface area contributed by atoms with Gasteiger partial charge in [0, 0.05) is 6.07 Å². The topological polar surface area (TPSA) is 47.6 Å². The molecule has 0 unspecified atom stereocenters. The van der Waals surface area contributed by atoms with Gasteiger partial charge in [0.05, 0.1) is 24.9 Å². The van der Waals surface area contributed by atoms with E-state index >= 15 is 0 Å². The average Bonchev–Trinajstić information content (AvgIpc) is 2.29. The maximum absolute atomic E-state index is 12.0. The van der Waals surface area contributed by atoms with Gasteiger partial charge in [0.25, 0.3) is 5.91 Å². The first-order valence-electron chi connectivity index (χ1n) is 4.39. The van der Waals surface area contributed by atoms with Crippen LogP contribution in [-0.4, -0.2) is 26.8 Å². The number of halogens is 2. The lowest BCUT2D eigenvalue weighted by atomic mass is 10.2. The van der Waals surface area contributed by atoms with E-state index in [0.29, 0.717) is 22.2 Å². The molecule has 0 aromatic heterocycles. The predicted octanol–water partition coefficient (Wildman–Crippen LogP) is 2.27. The third-order valence-electron chi connectivity index (χ3n) is 1.87. The lowest BCUT2D eigenvalue weighted by Gasteiger charge is -2.12. The van der Waals surface area contributed by atoms with Gasteiger partial charge in [-0.3, -0.25) is 4.79 Å². The third-order valence-corrected chi connectivity index (χ3v) is 2.16. The average molecular weight is 248 g/mol. The minimum Gasteiger partial charge on any atom is -0.495 e. The van der Waals surface area contributed by atoms with Crippen LogP contribution in [0.5, 0.6) is 11.5 Å². The van der Waals surface area contributed by atoms with Crippen LogP contribution in [0.2, 0.25) is 5.02 Å². The largest absolute Gasteiger partial charge is 0.495 e. The summed E-state index contributed by atoms with van der Waals surface area (Å²) in [5.74, 6) is -0.000604. The predicted molar refractivity (Wildman–Crippen MR) is 59.2 cm³/mol. The highest BCUT2D eigenvalue weighted by Crippen LogP contribution is 2.35. The van der Waals surface area contributed by atoms with Crippen LogP contribution in [0.4, 0.5) is 10.1 Å². The van der Waals surface area contributed by atoms with Crippen LogP contribution < -0.4 is 14.8 Å². The number of methoxy groups -OCH3 is 2. The van der Waals surface area contributed by atoms with E-state index in [2.05, 4.69) is 5.32 Å². The zero-order valence-corrected chi connectivity index (χ0v) is 9.60. The molecule has 16 heavy (non-hydrogen) atoms. The zero-order chi connectivity index (χ0) is 12.1. The van der Waals surface area contributed by atoms with E-state index in [1.807, 2.05) is 0 Å². The Kier molecular flexibility index (Phi) is 4.37. The normalized spacial score (nSPS) is 9.75. The van der Waals surface area contributed by atoms with Crippen molar-refractivity contribution < 1.29 is 18.7 Å². The second-order valence-electron chi connectivity index (χ2n) is 2.87. The Hall–Kier alpha value is -1.49. The second kappa shape index (κ2) is 5.55. The highest BCUT2D eigenvalue weighted by molar-refractivity contribution is 6.32. The first-order chi connectivity index (χ1) is 7.62. The Balaban J connectivity index is 3.08. The molecule has 1 aromatic rings. The molecule has 0 aliphatic heterocycles. The molecule has 0 saturated heterocycles. The van der Waals surface area contributed by atoms with Gasteiger partial charge in [-0.25, -0.2) is 4.39 Å². The van der Waals surface area contributed by atoms with Crippen LogP contribution in [0.3, 0.4) is 0 Å². The van der Waals surface area contributed by atoms with E-state index in [1.165, 1.54) is 26.4 Å². The summed E-state index contributed by atoms with van der Waals surface area (Å²) in [4.78, 5) is 10.9. The molecular weight excluding hydrogens is 237 g/mol. The quantitative estimate of drug-likeness (QED) is 0.888. The van der Waals surface area contributed by atoms with Gasteiger partial charge in [-0.1, -0.05) is 11.6 Å². The number of nitrogens with one attached hydrogen (secondary N) is 1. The van der Waals surface area contributed by atoms with Gasteiger partial charge in [0.15, 0.2) is 6.67 Å². The van der Waals surface area contributed by atoms with Gasteiger partial charge in [-0.15, -0.1) is 0 Å². The summed E-state index contributed by atoms with van der Waals surface area (Å²) in [7, 11) is 2.88. The minimum atomic E-state index is -1.10. The molecule has 1 N–H and O–H groups in total. The molecule has 0 aliphatic rings. The summed E-state index contributed by atoms with van der Waals surface area (Å²) in [6.07, 6.45) is 0. The number of carbonyl (C=O) groups is 1. The van der Waals surface area contributed by atoms with Gasteiger partial charge in [0.2, 0.25) is 0 Å². The summed E-state index contributed by atoms with van der Waals surface area (Å²) in [6, 6.07) is 2.95. The molecule has 0 aliphatic carbocycles. The van der Waals surface area contributed by atoms with E-state index in [0.717, 1.165) is 0 Å². The van der Waals surface area contributed by atoms with Crippen molar-refractivity contribution in [3.05, 3.63) is 17.2 Å². The smallest absolute Gasteiger partial charge is 0.255 e. The van der Waals surface area contributed by atoms with E-state index in [9.17, 15) is 9.18 Å². The molecule has 0 saturated carbocycles. The molecule has 1 rings (SSSR count). The van der Waals surface area contributed by atoms with E-state index < -0.39 is 12.6 Å². The Morgan fingerprint density at radius 3 is 2.50 bits per heavy atom. The van der Waals surface area contributed by atoms with Gasteiger partial charge >= 0.3 is 0 Å². The van der Waals surface area contributed by atoms with Crippen molar-refractivity contribution in [2.75, 3.05) is 26.2 Å². The van der Waals surface area contributed by atoms with Gasteiger partial charge in [0.1, 0.15) is 11.5 Å².